The van der Waals surface area contributed by atoms with Crippen LogP contribution >= 0.6 is 0 Å². The van der Waals surface area contributed by atoms with Gasteiger partial charge in [-0.05, 0) is 65.5 Å². The molecule has 0 aliphatic carbocycles. The van der Waals surface area contributed by atoms with Gasteiger partial charge in [-0.15, -0.1) is 89.8 Å². The molecule has 8 aromatic rings. The summed E-state index contributed by atoms with van der Waals surface area (Å²) in [5.41, 5.74) is -1.56. The average molecular weight is 1460 g/mol. The van der Waals surface area contributed by atoms with Crippen LogP contribution < -0.4 is 0 Å². The summed E-state index contributed by atoms with van der Waals surface area (Å²) in [5, 5.41) is 17.9. The molecular formula is C59H38F6Ir2N4O6S2-4. The third-order valence-electron chi connectivity index (χ3n) is 8.79. The van der Waals surface area contributed by atoms with Gasteiger partial charge in [0.15, 0.2) is 0 Å². The molecule has 2 aromatic heterocycles. The normalized spacial score (nSPS) is 9.67. The number of halogens is 6. The Balaban J connectivity index is 0.000000942. The van der Waals surface area contributed by atoms with E-state index in [1.165, 1.54) is 0 Å². The maximum Gasteiger partial charge on any atom is 0.522 e. The number of nitriles is 2. The van der Waals surface area contributed by atoms with Crippen molar-refractivity contribution in [3.05, 3.63) is 265 Å². The molecule has 6 aromatic carbocycles. The van der Waals surface area contributed by atoms with Gasteiger partial charge < -0.3 is 23.8 Å². The zero-order valence-electron chi connectivity index (χ0n) is 40.6. The first-order valence-corrected chi connectivity index (χ1v) is 23.9. The summed E-state index contributed by atoms with van der Waals surface area (Å²) in [6.07, 6.45) is 16.2. The van der Waals surface area contributed by atoms with Crippen LogP contribution in [0.2, 0.25) is 0 Å². The van der Waals surface area contributed by atoms with Crippen LogP contribution in [0.25, 0.3) is 22.5 Å². The van der Waals surface area contributed by atoms with Crippen LogP contribution in [0, 0.1) is 90.6 Å². The molecule has 2 heterocycles. The van der Waals surface area contributed by atoms with Crippen molar-refractivity contribution in [2.75, 3.05) is 0 Å². The zero-order chi connectivity index (χ0) is 56.0. The molecule has 0 saturated carbocycles. The van der Waals surface area contributed by atoms with Crippen molar-refractivity contribution in [3.8, 4) is 76.6 Å². The standard InChI is InChI=1S/C17H9N.C17H8N.2C11H8N.2CHF3O3S.CH3.2Ir/c2*1-2-14-7-3-4-8-15(14)11-12-16-9-5-6-10-17(16)13-18;2*1-2-6-10(7-3-1)11-8-4-5-9-12-11;2*2-1(3,4)8(5,6)7;;;/h1,3-10H;3-10H;2*1-6,8-9H;2*(H,5,6,7);1H3;;/q;3*-1;;;-1;;. The number of pyridine rings is 2. The number of rotatable bonds is 2. The number of hydrogen-bond donors (Lipinski definition) is 2. The Morgan fingerprint density at radius 3 is 0.975 bits per heavy atom. The van der Waals surface area contributed by atoms with Crippen LogP contribution in [0.1, 0.15) is 44.5 Å². The van der Waals surface area contributed by atoms with E-state index in [-0.39, 0.29) is 47.6 Å². The van der Waals surface area contributed by atoms with Gasteiger partial charge in [-0.1, -0.05) is 108 Å². The SMILES string of the molecule is C#Cc1ccccc1C#Cc1ccccc1C#N.O=S(=O)(O)C(F)(F)F.O=S(=O)(O)C(F)(F)F.[C-]#Cc1ccccc1C#Cc1ccccc1C#N.[CH3-].[Ir].[Ir].[c-]1ccccc1-c1ccccn1.[c-]1ccccc1-c1ccccn1. The molecular weight excluding hydrogens is 1420 g/mol. The van der Waals surface area contributed by atoms with Crippen molar-refractivity contribution >= 4 is 20.2 Å². The molecule has 0 unspecified atom stereocenters. The minimum atomic E-state index is -5.84. The van der Waals surface area contributed by atoms with Crippen LogP contribution in [0.5, 0.6) is 0 Å². The van der Waals surface area contributed by atoms with Crippen molar-refractivity contribution in [2.45, 2.75) is 11.0 Å². The molecule has 2 radical (unpaired) electrons. The predicted octanol–water partition coefficient (Wildman–Crippen LogP) is 12.2. The summed E-state index contributed by atoms with van der Waals surface area (Å²) < 4.78 is 115. The van der Waals surface area contributed by atoms with Crippen LogP contribution in [0.4, 0.5) is 26.3 Å². The van der Waals surface area contributed by atoms with E-state index in [9.17, 15) is 26.3 Å². The average Bonchev–Trinajstić information content (AvgIpc) is 3.43. The quantitative estimate of drug-likeness (QED) is 0.0555. The van der Waals surface area contributed by atoms with Gasteiger partial charge in [0, 0.05) is 74.9 Å². The minimum absolute atomic E-state index is 0. The molecule has 10 nitrogen and oxygen atoms in total. The van der Waals surface area contributed by atoms with Gasteiger partial charge in [0.05, 0.1) is 11.1 Å². The Labute approximate surface area is 482 Å². The van der Waals surface area contributed by atoms with Crippen molar-refractivity contribution in [1.82, 2.24) is 9.97 Å². The van der Waals surface area contributed by atoms with Gasteiger partial charge in [0.25, 0.3) is 0 Å². The summed E-state index contributed by atoms with van der Waals surface area (Å²) in [7, 11) is -11.7. The van der Waals surface area contributed by atoms with Crippen LogP contribution in [-0.2, 0) is 60.4 Å². The second-order valence-corrected chi connectivity index (χ2v) is 16.8. The van der Waals surface area contributed by atoms with E-state index >= 15 is 0 Å². The Kier molecular flexibility index (Phi) is 32.0. The van der Waals surface area contributed by atoms with Gasteiger partial charge in [0.1, 0.15) is 12.1 Å². The molecule has 0 atom stereocenters. The summed E-state index contributed by atoms with van der Waals surface area (Å²) in [6, 6.07) is 67.1. The Morgan fingerprint density at radius 2 is 0.722 bits per heavy atom. The summed E-state index contributed by atoms with van der Waals surface area (Å²) in [4.78, 5) is 8.44. The van der Waals surface area contributed by atoms with E-state index in [1.54, 1.807) is 30.6 Å². The fourth-order valence-corrected chi connectivity index (χ4v) is 5.22. The molecule has 0 amide bonds. The monoisotopic (exact) mass is 1460 g/mol. The second kappa shape index (κ2) is 35.8. The first kappa shape index (κ1) is 70.5. The molecule has 2 N–H and O–H groups in total. The first-order valence-electron chi connectivity index (χ1n) is 21.1. The Hall–Kier alpha value is -8.46. The number of hydrogen-bond acceptors (Lipinski definition) is 8. The topological polar surface area (TPSA) is 182 Å². The number of nitrogens with zero attached hydrogens (tertiary/aromatic N) is 4. The van der Waals surface area contributed by atoms with Crippen molar-refractivity contribution < 1.29 is 92.5 Å². The maximum atomic E-state index is 10.7. The molecule has 8 rings (SSSR count). The van der Waals surface area contributed by atoms with Crippen molar-refractivity contribution in [2.24, 2.45) is 0 Å². The van der Waals surface area contributed by atoms with Gasteiger partial charge >= 0.3 is 31.3 Å². The fourth-order valence-electron chi connectivity index (χ4n) is 5.22. The third kappa shape index (κ3) is 25.5. The van der Waals surface area contributed by atoms with E-state index in [1.807, 2.05) is 164 Å². The van der Waals surface area contributed by atoms with Crippen molar-refractivity contribution in [3.63, 3.8) is 0 Å². The van der Waals surface area contributed by atoms with Crippen LogP contribution in [0.3, 0.4) is 0 Å². The molecule has 0 aliphatic rings. The predicted molar refractivity (Wildman–Crippen MR) is 280 cm³/mol. The van der Waals surface area contributed by atoms with Crippen molar-refractivity contribution in [1.29, 1.82) is 10.5 Å². The van der Waals surface area contributed by atoms with Gasteiger partial charge in [-0.2, -0.15) is 53.7 Å². The Morgan fingerprint density at radius 1 is 0.456 bits per heavy atom. The fraction of sp³-hybridized carbons (Fsp3) is 0.0339. The molecule has 406 valence electrons. The number of benzene rings is 6. The number of aromatic nitrogens is 2. The third-order valence-corrected chi connectivity index (χ3v) is 9.96. The first-order chi connectivity index (χ1) is 36.1. The largest absolute Gasteiger partial charge is 0.522 e. The molecule has 0 fully saturated rings. The minimum Gasteiger partial charge on any atom is -0.366 e. The summed E-state index contributed by atoms with van der Waals surface area (Å²) in [5.74, 6) is 16.9. The molecule has 0 spiro atoms. The summed E-state index contributed by atoms with van der Waals surface area (Å²) in [6.45, 7) is 0. The Bertz CT molecular complexity index is 3260. The van der Waals surface area contributed by atoms with E-state index in [2.05, 4.69) is 69.8 Å². The van der Waals surface area contributed by atoms with Crippen LogP contribution in [0.15, 0.2) is 194 Å². The van der Waals surface area contributed by atoms with E-state index in [0.29, 0.717) is 27.8 Å². The van der Waals surface area contributed by atoms with Gasteiger partial charge in [-0.25, -0.2) is 0 Å². The van der Waals surface area contributed by atoms with E-state index < -0.39 is 31.3 Å². The van der Waals surface area contributed by atoms with Crippen LogP contribution in [-0.4, -0.2) is 46.9 Å². The molecule has 0 bridgehead atoms. The van der Waals surface area contributed by atoms with Gasteiger partial charge in [-0.3, -0.25) is 15.0 Å². The molecule has 0 saturated heterocycles. The zero-order valence-corrected chi connectivity index (χ0v) is 47.0. The second-order valence-electron chi connectivity index (χ2n) is 14.0. The number of alkyl halides is 6. The van der Waals surface area contributed by atoms with E-state index in [4.69, 9.17) is 49.3 Å². The van der Waals surface area contributed by atoms with E-state index in [0.717, 1.165) is 39.2 Å². The smallest absolute Gasteiger partial charge is 0.366 e. The number of terminal acetylenes is 1. The maximum absolute atomic E-state index is 10.7. The van der Waals surface area contributed by atoms with Gasteiger partial charge in [0.2, 0.25) is 0 Å². The molecule has 0 aliphatic heterocycles. The molecule has 79 heavy (non-hydrogen) atoms. The molecule has 20 heteroatoms. The summed E-state index contributed by atoms with van der Waals surface area (Å²) >= 11 is 0.